The van der Waals surface area contributed by atoms with Gasteiger partial charge in [-0.05, 0) is 18.2 Å². The van der Waals surface area contributed by atoms with Gasteiger partial charge in [0.15, 0.2) is 0 Å². The van der Waals surface area contributed by atoms with Crippen LogP contribution in [0, 0.1) is 0 Å². The molecule has 3 rings (SSSR count). The monoisotopic (exact) mass is 380 g/mol. The van der Waals surface area contributed by atoms with E-state index in [-0.39, 0.29) is 11.7 Å². The van der Waals surface area contributed by atoms with Crippen molar-refractivity contribution in [2.75, 3.05) is 11.2 Å². The summed E-state index contributed by atoms with van der Waals surface area (Å²) in [6.07, 6.45) is 2.78. The standard InChI is InChI=1S/C12H9BrN6O2S/c13-9-3-1-2-8(4-9)11-16-17-12(21-11)22-5-10(20)18-19-6-14-15-7-19/h1-4,6-7H,5H2,(H,18,20). The Bertz CT molecular complexity index is 776. The molecular weight excluding hydrogens is 372 g/mol. The molecule has 0 aliphatic heterocycles. The second-order valence-corrected chi connectivity index (χ2v) is 5.92. The van der Waals surface area contributed by atoms with Gasteiger partial charge in [0.2, 0.25) is 11.8 Å². The topological polar surface area (TPSA) is 98.7 Å². The van der Waals surface area contributed by atoms with E-state index in [1.54, 1.807) is 0 Å². The molecule has 0 saturated heterocycles. The highest BCUT2D eigenvalue weighted by Gasteiger charge is 2.11. The number of hydrogen-bond acceptors (Lipinski definition) is 7. The van der Waals surface area contributed by atoms with Crippen LogP contribution in [0.2, 0.25) is 0 Å². The number of aromatic nitrogens is 5. The molecule has 2 heterocycles. The second-order valence-electron chi connectivity index (χ2n) is 4.08. The maximum Gasteiger partial charge on any atom is 0.277 e. The summed E-state index contributed by atoms with van der Waals surface area (Å²) < 4.78 is 7.81. The van der Waals surface area contributed by atoms with Crippen LogP contribution in [-0.4, -0.2) is 36.7 Å². The average Bonchev–Trinajstić information content (AvgIpc) is 3.16. The first-order chi connectivity index (χ1) is 10.7. The molecular formula is C12H9BrN6O2S. The molecule has 22 heavy (non-hydrogen) atoms. The molecule has 10 heteroatoms. The van der Waals surface area contributed by atoms with Gasteiger partial charge in [-0.1, -0.05) is 33.8 Å². The molecule has 112 valence electrons. The number of nitrogens with zero attached hydrogens (tertiary/aromatic N) is 5. The molecule has 1 aromatic carbocycles. The number of rotatable bonds is 5. The maximum atomic E-state index is 11.7. The van der Waals surface area contributed by atoms with Gasteiger partial charge in [-0.15, -0.1) is 20.4 Å². The van der Waals surface area contributed by atoms with E-state index in [1.807, 2.05) is 24.3 Å². The Morgan fingerprint density at radius 3 is 2.91 bits per heavy atom. The van der Waals surface area contributed by atoms with Gasteiger partial charge in [0.1, 0.15) is 12.7 Å². The summed E-state index contributed by atoms with van der Waals surface area (Å²) in [5.74, 6) is 0.313. The highest BCUT2D eigenvalue weighted by molar-refractivity contribution is 9.10. The molecule has 0 spiro atoms. The highest BCUT2D eigenvalue weighted by Crippen LogP contribution is 2.25. The first-order valence-corrected chi connectivity index (χ1v) is 7.85. The number of carbonyl (C=O) groups is 1. The third-order valence-corrected chi connectivity index (χ3v) is 3.79. The zero-order valence-corrected chi connectivity index (χ0v) is 13.4. The Morgan fingerprint density at radius 1 is 1.32 bits per heavy atom. The zero-order valence-electron chi connectivity index (χ0n) is 11.0. The summed E-state index contributed by atoms with van der Waals surface area (Å²) in [6.45, 7) is 0. The van der Waals surface area contributed by atoms with Gasteiger partial charge in [-0.3, -0.25) is 10.2 Å². The van der Waals surface area contributed by atoms with Crippen LogP contribution >= 0.6 is 27.7 Å². The summed E-state index contributed by atoms with van der Waals surface area (Å²) in [5, 5.41) is 15.4. The van der Waals surface area contributed by atoms with E-state index >= 15 is 0 Å². The normalized spacial score (nSPS) is 10.6. The fraction of sp³-hybridized carbons (Fsp3) is 0.0833. The van der Waals surface area contributed by atoms with Gasteiger partial charge in [-0.2, -0.15) is 0 Å². The first kappa shape index (κ1) is 14.7. The van der Waals surface area contributed by atoms with Crippen molar-refractivity contribution >= 4 is 33.6 Å². The SMILES string of the molecule is O=C(CSc1nnc(-c2cccc(Br)c2)o1)Nn1cnnc1. The quantitative estimate of drug-likeness (QED) is 0.675. The van der Waals surface area contributed by atoms with Crippen molar-refractivity contribution < 1.29 is 9.21 Å². The van der Waals surface area contributed by atoms with Crippen LogP contribution in [-0.2, 0) is 4.79 Å². The lowest BCUT2D eigenvalue weighted by Gasteiger charge is -2.01. The van der Waals surface area contributed by atoms with Crippen LogP contribution in [0.15, 0.2) is 51.0 Å². The van der Waals surface area contributed by atoms with Crippen molar-refractivity contribution in [1.29, 1.82) is 0 Å². The smallest absolute Gasteiger partial charge is 0.277 e. The number of hydrogen-bond donors (Lipinski definition) is 1. The summed E-state index contributed by atoms with van der Waals surface area (Å²) >= 11 is 4.54. The predicted octanol–water partition coefficient (Wildman–Crippen LogP) is 1.95. The van der Waals surface area contributed by atoms with Gasteiger partial charge >= 0.3 is 0 Å². The van der Waals surface area contributed by atoms with E-state index < -0.39 is 0 Å². The van der Waals surface area contributed by atoms with E-state index in [1.165, 1.54) is 17.3 Å². The molecule has 0 bridgehead atoms. The number of thioether (sulfide) groups is 1. The third kappa shape index (κ3) is 3.71. The molecule has 1 amide bonds. The second kappa shape index (κ2) is 6.71. The number of halogens is 1. The Balaban J connectivity index is 1.59. The summed E-state index contributed by atoms with van der Waals surface area (Å²) in [7, 11) is 0. The third-order valence-electron chi connectivity index (χ3n) is 2.48. The molecule has 0 saturated carbocycles. The van der Waals surface area contributed by atoms with Crippen LogP contribution in [0.4, 0.5) is 0 Å². The summed E-state index contributed by atoms with van der Waals surface area (Å²) in [5.41, 5.74) is 3.38. The van der Waals surface area contributed by atoms with Gasteiger partial charge in [0.25, 0.3) is 5.22 Å². The van der Waals surface area contributed by atoms with E-state index in [0.29, 0.717) is 11.1 Å². The van der Waals surface area contributed by atoms with Crippen molar-refractivity contribution in [3.63, 3.8) is 0 Å². The minimum absolute atomic E-state index is 0.137. The number of amides is 1. The van der Waals surface area contributed by atoms with Gasteiger partial charge < -0.3 is 4.42 Å². The molecule has 8 nitrogen and oxygen atoms in total. The number of benzene rings is 1. The van der Waals surface area contributed by atoms with Crippen LogP contribution in [0.3, 0.4) is 0 Å². The van der Waals surface area contributed by atoms with Crippen molar-refractivity contribution in [2.24, 2.45) is 0 Å². The number of carbonyl (C=O) groups excluding carboxylic acids is 1. The van der Waals surface area contributed by atoms with Gasteiger partial charge in [-0.25, -0.2) is 4.68 Å². The largest absolute Gasteiger partial charge is 0.411 e. The molecule has 0 atom stereocenters. The molecule has 0 fully saturated rings. The van der Waals surface area contributed by atoms with E-state index in [4.69, 9.17) is 4.42 Å². The summed E-state index contributed by atoms with van der Waals surface area (Å²) in [6, 6.07) is 7.53. The van der Waals surface area contributed by atoms with Crippen LogP contribution < -0.4 is 5.43 Å². The Kier molecular flexibility index (Phi) is 4.49. The minimum atomic E-state index is -0.230. The predicted molar refractivity (Wildman–Crippen MR) is 82.5 cm³/mol. The van der Waals surface area contributed by atoms with Gasteiger partial charge in [0, 0.05) is 10.0 Å². The summed E-state index contributed by atoms with van der Waals surface area (Å²) in [4.78, 5) is 11.7. The molecule has 2 aromatic heterocycles. The molecule has 0 aliphatic carbocycles. The maximum absolute atomic E-state index is 11.7. The zero-order chi connectivity index (χ0) is 15.4. The minimum Gasteiger partial charge on any atom is -0.411 e. The first-order valence-electron chi connectivity index (χ1n) is 6.07. The fourth-order valence-electron chi connectivity index (χ4n) is 1.57. The average molecular weight is 381 g/mol. The van der Waals surface area contributed by atoms with Crippen molar-refractivity contribution in [1.82, 2.24) is 25.1 Å². The van der Waals surface area contributed by atoms with Crippen molar-refractivity contribution in [3.05, 3.63) is 41.4 Å². The highest BCUT2D eigenvalue weighted by atomic mass is 79.9. The molecule has 0 aliphatic rings. The van der Waals surface area contributed by atoms with Crippen LogP contribution in [0.1, 0.15) is 0 Å². The lowest BCUT2D eigenvalue weighted by molar-refractivity contribution is -0.114. The van der Waals surface area contributed by atoms with Crippen LogP contribution in [0.25, 0.3) is 11.5 Å². The Morgan fingerprint density at radius 2 is 2.14 bits per heavy atom. The van der Waals surface area contributed by atoms with E-state index in [0.717, 1.165) is 21.8 Å². The fourth-order valence-corrected chi connectivity index (χ4v) is 2.52. The molecule has 0 unspecified atom stereocenters. The lowest BCUT2D eigenvalue weighted by Crippen LogP contribution is -2.23. The van der Waals surface area contributed by atoms with E-state index in [2.05, 4.69) is 41.8 Å². The Labute approximate surface area is 137 Å². The molecule has 0 radical (unpaired) electrons. The number of nitrogens with one attached hydrogen (secondary N) is 1. The van der Waals surface area contributed by atoms with Crippen LogP contribution in [0.5, 0.6) is 0 Å². The van der Waals surface area contributed by atoms with Crippen molar-refractivity contribution in [2.45, 2.75) is 5.22 Å². The van der Waals surface area contributed by atoms with Crippen molar-refractivity contribution in [3.8, 4) is 11.5 Å². The lowest BCUT2D eigenvalue weighted by atomic mass is 10.2. The van der Waals surface area contributed by atoms with E-state index in [9.17, 15) is 4.79 Å². The molecule has 3 aromatic rings. The Hall–Kier alpha value is -2.20. The molecule has 1 N–H and O–H groups in total. The van der Waals surface area contributed by atoms with Gasteiger partial charge in [0.05, 0.1) is 5.75 Å².